The van der Waals surface area contributed by atoms with Gasteiger partial charge in [-0.3, -0.25) is 4.79 Å². The average Bonchev–Trinajstić information content (AvgIpc) is 2.82. The molecule has 0 heterocycles. The van der Waals surface area contributed by atoms with Crippen molar-refractivity contribution in [2.24, 2.45) is 0 Å². The Kier molecular flexibility index (Phi) is 8.83. The molecule has 3 rings (SSSR count). The van der Waals surface area contributed by atoms with Gasteiger partial charge in [0, 0.05) is 21.7 Å². The molecule has 0 spiro atoms. The Hall–Kier alpha value is -3.16. The summed E-state index contributed by atoms with van der Waals surface area (Å²) in [5, 5.41) is 3.44. The van der Waals surface area contributed by atoms with E-state index in [4.69, 9.17) is 25.8 Å². The number of thioether (sulfide) groups is 1. The minimum absolute atomic E-state index is 0.0940. The van der Waals surface area contributed by atoms with E-state index in [-0.39, 0.29) is 24.9 Å². The monoisotopic (exact) mass is 471 g/mol. The Bertz CT molecular complexity index is 1060. The fourth-order valence-corrected chi connectivity index (χ4v) is 3.67. The molecule has 0 bridgehead atoms. The van der Waals surface area contributed by atoms with Gasteiger partial charge in [0.05, 0.1) is 18.4 Å². The van der Waals surface area contributed by atoms with Crippen LogP contribution in [0.4, 0.5) is 5.69 Å². The molecule has 0 aliphatic rings. The van der Waals surface area contributed by atoms with E-state index in [2.05, 4.69) is 5.32 Å². The summed E-state index contributed by atoms with van der Waals surface area (Å²) in [6, 6.07) is 21.1. The fourth-order valence-electron chi connectivity index (χ4n) is 2.70. The van der Waals surface area contributed by atoms with Crippen LogP contribution in [0, 0.1) is 0 Å². The number of esters is 1. The molecule has 3 aromatic rings. The number of carbonyl (C=O) groups is 2. The molecule has 0 fully saturated rings. The summed E-state index contributed by atoms with van der Waals surface area (Å²) in [6.07, 6.45) is 0. The number of amides is 1. The maximum atomic E-state index is 12.5. The second-order valence-corrected chi connectivity index (χ2v) is 7.96. The first-order valence-electron chi connectivity index (χ1n) is 9.76. The average molecular weight is 472 g/mol. The van der Waals surface area contributed by atoms with Crippen molar-refractivity contribution in [3.8, 4) is 11.5 Å². The molecule has 0 aromatic heterocycles. The van der Waals surface area contributed by atoms with Crippen LogP contribution in [0.2, 0.25) is 5.02 Å². The molecule has 0 atom stereocenters. The number of ether oxygens (including phenoxy) is 3. The second-order valence-electron chi connectivity index (χ2n) is 6.50. The summed E-state index contributed by atoms with van der Waals surface area (Å²) in [5.74, 6) is 0.775. The molecule has 3 aromatic carbocycles. The number of benzene rings is 3. The van der Waals surface area contributed by atoms with Crippen LogP contribution in [-0.4, -0.2) is 38.0 Å². The minimum Gasteiger partial charge on any atom is -0.497 e. The second kappa shape index (κ2) is 12.0. The summed E-state index contributed by atoms with van der Waals surface area (Å²) < 4.78 is 16.0. The zero-order valence-electron chi connectivity index (χ0n) is 17.4. The maximum absolute atomic E-state index is 12.5. The lowest BCUT2D eigenvalue weighted by Crippen LogP contribution is -2.15. The Morgan fingerprint density at radius 3 is 2.50 bits per heavy atom. The van der Waals surface area contributed by atoms with Crippen LogP contribution in [0.25, 0.3) is 0 Å². The van der Waals surface area contributed by atoms with Crippen LogP contribution >= 0.6 is 23.4 Å². The van der Waals surface area contributed by atoms with Gasteiger partial charge in [0.25, 0.3) is 0 Å². The zero-order chi connectivity index (χ0) is 22.8. The van der Waals surface area contributed by atoms with Crippen LogP contribution in [-0.2, 0) is 9.53 Å². The van der Waals surface area contributed by atoms with E-state index in [0.29, 0.717) is 32.7 Å². The largest absolute Gasteiger partial charge is 0.497 e. The third-order valence-electron chi connectivity index (χ3n) is 4.22. The van der Waals surface area contributed by atoms with Crippen LogP contribution in [0.3, 0.4) is 0 Å². The van der Waals surface area contributed by atoms with Crippen LogP contribution in [0.15, 0.2) is 77.7 Å². The number of nitrogens with one attached hydrogen (secondary N) is 1. The molecule has 1 amide bonds. The van der Waals surface area contributed by atoms with Crippen molar-refractivity contribution in [3.63, 3.8) is 0 Å². The summed E-state index contributed by atoms with van der Waals surface area (Å²) in [5.41, 5.74) is 1.04. The van der Waals surface area contributed by atoms with Crippen LogP contribution < -0.4 is 14.8 Å². The molecule has 0 aliphatic heterocycles. The molecule has 0 aliphatic carbocycles. The first-order valence-corrected chi connectivity index (χ1v) is 11.1. The number of anilines is 1. The van der Waals surface area contributed by atoms with E-state index in [1.54, 1.807) is 73.8 Å². The predicted octanol–water partition coefficient (Wildman–Crippen LogP) is 5.32. The van der Waals surface area contributed by atoms with Crippen molar-refractivity contribution < 1.29 is 23.8 Å². The molecule has 0 radical (unpaired) electrons. The normalized spacial score (nSPS) is 10.3. The van der Waals surface area contributed by atoms with Crippen molar-refractivity contribution in [1.82, 2.24) is 0 Å². The van der Waals surface area contributed by atoms with E-state index in [0.717, 1.165) is 0 Å². The molecule has 1 N–H and O–H groups in total. The first kappa shape index (κ1) is 23.5. The number of halogens is 1. The van der Waals surface area contributed by atoms with Crippen molar-refractivity contribution in [1.29, 1.82) is 0 Å². The molecular weight excluding hydrogens is 450 g/mol. The number of hydrogen-bond donors (Lipinski definition) is 1. The van der Waals surface area contributed by atoms with Crippen molar-refractivity contribution >= 4 is 40.9 Å². The van der Waals surface area contributed by atoms with Gasteiger partial charge in [-0.15, -0.1) is 11.8 Å². The summed E-state index contributed by atoms with van der Waals surface area (Å²) in [7, 11) is 1.57. The van der Waals surface area contributed by atoms with Crippen LogP contribution in [0.1, 0.15) is 10.4 Å². The lowest BCUT2D eigenvalue weighted by atomic mass is 10.2. The molecule has 32 heavy (non-hydrogen) atoms. The van der Waals surface area contributed by atoms with Gasteiger partial charge in [0.2, 0.25) is 5.91 Å². The smallest absolute Gasteiger partial charge is 0.339 e. The Balaban J connectivity index is 1.49. The van der Waals surface area contributed by atoms with E-state index in [1.165, 1.54) is 11.8 Å². The summed E-state index contributed by atoms with van der Waals surface area (Å²) in [4.78, 5) is 25.5. The highest BCUT2D eigenvalue weighted by atomic mass is 35.5. The zero-order valence-corrected chi connectivity index (χ0v) is 18.9. The molecule has 0 unspecified atom stereocenters. The molecule has 0 saturated heterocycles. The third kappa shape index (κ3) is 7.21. The Morgan fingerprint density at radius 2 is 1.72 bits per heavy atom. The SMILES string of the molecule is COc1cccc(NC(=O)CSc2ccccc2C(=O)OCCOc2ccc(Cl)cc2)c1. The summed E-state index contributed by atoms with van der Waals surface area (Å²) >= 11 is 7.10. The standard InChI is InChI=1S/C24H22ClNO5S/c1-29-20-6-4-5-18(15-20)26-23(27)16-32-22-8-3-2-7-21(22)24(28)31-14-13-30-19-11-9-17(25)10-12-19/h2-12,15H,13-14,16H2,1H3,(H,26,27). The highest BCUT2D eigenvalue weighted by Crippen LogP contribution is 2.24. The topological polar surface area (TPSA) is 73.9 Å². The van der Waals surface area contributed by atoms with Gasteiger partial charge >= 0.3 is 5.97 Å². The highest BCUT2D eigenvalue weighted by molar-refractivity contribution is 8.00. The van der Waals surface area contributed by atoms with Gasteiger partial charge in [-0.2, -0.15) is 0 Å². The number of methoxy groups -OCH3 is 1. The van der Waals surface area contributed by atoms with Crippen molar-refractivity contribution in [2.75, 3.05) is 31.4 Å². The van der Waals surface area contributed by atoms with E-state index in [1.807, 2.05) is 6.07 Å². The van der Waals surface area contributed by atoms with Gasteiger partial charge < -0.3 is 19.5 Å². The number of hydrogen-bond acceptors (Lipinski definition) is 6. The van der Waals surface area contributed by atoms with E-state index >= 15 is 0 Å². The fraction of sp³-hybridized carbons (Fsp3) is 0.167. The number of carbonyl (C=O) groups excluding carboxylic acids is 2. The summed E-state index contributed by atoms with van der Waals surface area (Å²) in [6.45, 7) is 0.308. The highest BCUT2D eigenvalue weighted by Gasteiger charge is 2.14. The maximum Gasteiger partial charge on any atom is 0.339 e. The Labute approximate surface area is 195 Å². The van der Waals surface area contributed by atoms with Gasteiger partial charge in [-0.1, -0.05) is 29.8 Å². The minimum atomic E-state index is -0.471. The first-order chi connectivity index (χ1) is 15.5. The third-order valence-corrected chi connectivity index (χ3v) is 5.54. The van der Waals surface area contributed by atoms with Gasteiger partial charge in [-0.05, 0) is 48.5 Å². The van der Waals surface area contributed by atoms with Gasteiger partial charge in [0.1, 0.15) is 24.7 Å². The van der Waals surface area contributed by atoms with Gasteiger partial charge in [0.15, 0.2) is 0 Å². The molecule has 6 nitrogen and oxygen atoms in total. The quantitative estimate of drug-likeness (QED) is 0.245. The molecule has 166 valence electrons. The van der Waals surface area contributed by atoms with E-state index in [9.17, 15) is 9.59 Å². The van der Waals surface area contributed by atoms with Crippen LogP contribution in [0.5, 0.6) is 11.5 Å². The predicted molar refractivity (Wildman–Crippen MR) is 126 cm³/mol. The number of rotatable bonds is 10. The lowest BCUT2D eigenvalue weighted by Gasteiger charge is -2.11. The molecule has 8 heteroatoms. The van der Waals surface area contributed by atoms with E-state index < -0.39 is 5.97 Å². The molecular formula is C24H22ClNO5S. The van der Waals surface area contributed by atoms with Crippen molar-refractivity contribution in [3.05, 3.63) is 83.4 Å². The Morgan fingerprint density at radius 1 is 0.938 bits per heavy atom. The van der Waals surface area contributed by atoms with Gasteiger partial charge in [-0.25, -0.2) is 4.79 Å². The van der Waals surface area contributed by atoms with Crippen molar-refractivity contribution in [2.45, 2.75) is 4.90 Å². The molecule has 0 saturated carbocycles. The lowest BCUT2D eigenvalue weighted by molar-refractivity contribution is -0.113.